The summed E-state index contributed by atoms with van der Waals surface area (Å²) in [5, 5.41) is 12.2. The van der Waals surface area contributed by atoms with E-state index in [2.05, 4.69) is 18.3 Å². The predicted octanol–water partition coefficient (Wildman–Crippen LogP) is 3.18. The van der Waals surface area contributed by atoms with Crippen LogP contribution < -0.4 is 5.32 Å². The molecule has 1 N–H and O–H groups in total. The van der Waals surface area contributed by atoms with Gasteiger partial charge < -0.3 is 10.1 Å². The van der Waals surface area contributed by atoms with Gasteiger partial charge in [-0.1, -0.05) is 19.8 Å². The summed E-state index contributed by atoms with van der Waals surface area (Å²) in [7, 11) is 1.72. The van der Waals surface area contributed by atoms with Gasteiger partial charge in [0.05, 0.1) is 18.2 Å². The molecule has 0 aliphatic heterocycles. The van der Waals surface area contributed by atoms with Crippen molar-refractivity contribution in [1.29, 1.82) is 5.26 Å². The van der Waals surface area contributed by atoms with Crippen LogP contribution in [0.3, 0.4) is 0 Å². The van der Waals surface area contributed by atoms with E-state index < -0.39 is 0 Å². The topological polar surface area (TPSA) is 45.0 Å². The molecule has 0 aromatic heterocycles. The van der Waals surface area contributed by atoms with Gasteiger partial charge in [0.25, 0.3) is 0 Å². The van der Waals surface area contributed by atoms with Crippen molar-refractivity contribution < 1.29 is 4.74 Å². The lowest BCUT2D eigenvalue weighted by Gasteiger charge is -2.18. The van der Waals surface area contributed by atoms with Crippen LogP contribution >= 0.6 is 0 Å². The van der Waals surface area contributed by atoms with E-state index in [0.29, 0.717) is 18.2 Å². The van der Waals surface area contributed by atoms with Gasteiger partial charge in [-0.2, -0.15) is 5.26 Å². The quantitative estimate of drug-likeness (QED) is 0.785. The zero-order chi connectivity index (χ0) is 12.5. The van der Waals surface area contributed by atoms with Crippen LogP contribution in [-0.2, 0) is 4.74 Å². The number of hydrogen-bond donors (Lipinski definition) is 1. The highest BCUT2D eigenvalue weighted by Gasteiger charge is 2.07. The minimum atomic E-state index is 0.341. The Kier molecular flexibility index (Phi) is 6.13. The van der Waals surface area contributed by atoms with Gasteiger partial charge in [0, 0.05) is 18.8 Å². The molecule has 0 aliphatic rings. The van der Waals surface area contributed by atoms with E-state index in [1.165, 1.54) is 12.8 Å². The van der Waals surface area contributed by atoms with E-state index >= 15 is 0 Å². The fraction of sp³-hybridized carbons (Fsp3) is 0.500. The molecule has 0 bridgehead atoms. The first-order valence-electron chi connectivity index (χ1n) is 6.05. The van der Waals surface area contributed by atoms with Crippen molar-refractivity contribution >= 4 is 5.69 Å². The van der Waals surface area contributed by atoms with Crippen molar-refractivity contribution in [3.8, 4) is 6.07 Å². The standard InChI is InChI=1S/C14H20N2O/c1-3-4-5-14(11-17-2)16-13-8-6-12(10-15)7-9-13/h6-9,14,16H,3-5,11H2,1-2H3. The maximum Gasteiger partial charge on any atom is 0.0991 e. The molecule has 0 heterocycles. The van der Waals surface area contributed by atoms with Gasteiger partial charge in [0.2, 0.25) is 0 Å². The average molecular weight is 232 g/mol. The number of nitrogens with zero attached hydrogens (tertiary/aromatic N) is 1. The monoisotopic (exact) mass is 232 g/mol. The lowest BCUT2D eigenvalue weighted by molar-refractivity contribution is 0.182. The van der Waals surface area contributed by atoms with Crippen molar-refractivity contribution in [3.63, 3.8) is 0 Å². The smallest absolute Gasteiger partial charge is 0.0991 e. The normalized spacial score (nSPS) is 11.8. The molecule has 0 saturated carbocycles. The van der Waals surface area contributed by atoms with Crippen LogP contribution in [0.4, 0.5) is 5.69 Å². The van der Waals surface area contributed by atoms with Crippen molar-refractivity contribution in [1.82, 2.24) is 0 Å². The van der Waals surface area contributed by atoms with E-state index in [9.17, 15) is 0 Å². The summed E-state index contributed by atoms with van der Waals surface area (Å²) in [4.78, 5) is 0. The highest BCUT2D eigenvalue weighted by atomic mass is 16.5. The molecule has 0 spiro atoms. The summed E-state index contributed by atoms with van der Waals surface area (Å²) in [6.07, 6.45) is 3.48. The van der Waals surface area contributed by atoms with Gasteiger partial charge in [-0.3, -0.25) is 0 Å². The number of nitriles is 1. The first-order valence-corrected chi connectivity index (χ1v) is 6.05. The summed E-state index contributed by atoms with van der Waals surface area (Å²) < 4.78 is 5.20. The molecule has 1 aromatic carbocycles. The summed E-state index contributed by atoms with van der Waals surface area (Å²) in [5.74, 6) is 0. The van der Waals surface area contributed by atoms with E-state index in [-0.39, 0.29) is 0 Å². The molecule has 3 heteroatoms. The largest absolute Gasteiger partial charge is 0.383 e. The highest BCUT2D eigenvalue weighted by Crippen LogP contribution is 2.13. The molecule has 0 radical (unpaired) electrons. The Hall–Kier alpha value is -1.53. The minimum absolute atomic E-state index is 0.341. The highest BCUT2D eigenvalue weighted by molar-refractivity contribution is 5.47. The van der Waals surface area contributed by atoms with Crippen LogP contribution in [0.15, 0.2) is 24.3 Å². The van der Waals surface area contributed by atoms with Crippen LogP contribution in [0.1, 0.15) is 31.7 Å². The predicted molar refractivity (Wildman–Crippen MR) is 70.0 cm³/mol. The lowest BCUT2D eigenvalue weighted by Crippen LogP contribution is -2.24. The average Bonchev–Trinajstić information content (AvgIpc) is 2.37. The van der Waals surface area contributed by atoms with Gasteiger partial charge >= 0.3 is 0 Å². The van der Waals surface area contributed by atoms with Crippen molar-refractivity contribution in [2.75, 3.05) is 19.0 Å². The molecular weight excluding hydrogens is 212 g/mol. The third-order valence-corrected chi connectivity index (χ3v) is 2.66. The van der Waals surface area contributed by atoms with Gasteiger partial charge in [-0.25, -0.2) is 0 Å². The summed E-state index contributed by atoms with van der Waals surface area (Å²) in [5.41, 5.74) is 1.73. The van der Waals surface area contributed by atoms with Gasteiger partial charge in [-0.05, 0) is 30.7 Å². The SMILES string of the molecule is CCCCC(COC)Nc1ccc(C#N)cc1. The molecule has 0 saturated heterocycles. The maximum absolute atomic E-state index is 8.72. The molecule has 17 heavy (non-hydrogen) atoms. The summed E-state index contributed by atoms with van der Waals surface area (Å²) in [6, 6.07) is 9.98. The van der Waals surface area contributed by atoms with Crippen molar-refractivity contribution in [2.45, 2.75) is 32.2 Å². The number of methoxy groups -OCH3 is 1. The Balaban J connectivity index is 2.55. The first-order chi connectivity index (χ1) is 8.30. The Morgan fingerprint density at radius 1 is 1.35 bits per heavy atom. The Bertz CT molecular complexity index is 353. The van der Waals surface area contributed by atoms with E-state index in [0.717, 1.165) is 12.1 Å². The van der Waals surface area contributed by atoms with Crippen molar-refractivity contribution in [2.24, 2.45) is 0 Å². The molecule has 1 unspecified atom stereocenters. The number of benzene rings is 1. The molecule has 1 rings (SSSR count). The Morgan fingerprint density at radius 3 is 2.59 bits per heavy atom. The molecule has 1 atom stereocenters. The van der Waals surface area contributed by atoms with E-state index in [1.807, 2.05) is 24.3 Å². The third kappa shape index (κ3) is 4.88. The van der Waals surface area contributed by atoms with Crippen LogP contribution in [0.2, 0.25) is 0 Å². The van der Waals surface area contributed by atoms with Crippen LogP contribution in [0.5, 0.6) is 0 Å². The second-order valence-corrected chi connectivity index (χ2v) is 4.13. The Labute approximate surface area is 103 Å². The second kappa shape index (κ2) is 7.70. The number of nitrogens with one attached hydrogen (secondary N) is 1. The number of rotatable bonds is 7. The second-order valence-electron chi connectivity index (χ2n) is 4.13. The summed E-state index contributed by atoms with van der Waals surface area (Å²) in [6.45, 7) is 2.89. The lowest BCUT2D eigenvalue weighted by atomic mass is 10.1. The van der Waals surface area contributed by atoms with Crippen LogP contribution in [0, 0.1) is 11.3 Å². The molecular formula is C14H20N2O. The maximum atomic E-state index is 8.72. The molecule has 1 aromatic rings. The zero-order valence-corrected chi connectivity index (χ0v) is 10.6. The van der Waals surface area contributed by atoms with Crippen LogP contribution in [0.25, 0.3) is 0 Å². The molecule has 3 nitrogen and oxygen atoms in total. The van der Waals surface area contributed by atoms with E-state index in [4.69, 9.17) is 10.00 Å². The molecule has 0 fully saturated rings. The molecule has 0 amide bonds. The number of ether oxygens (including phenoxy) is 1. The van der Waals surface area contributed by atoms with E-state index in [1.54, 1.807) is 7.11 Å². The molecule has 0 aliphatic carbocycles. The van der Waals surface area contributed by atoms with Gasteiger partial charge in [0.15, 0.2) is 0 Å². The third-order valence-electron chi connectivity index (χ3n) is 2.66. The Morgan fingerprint density at radius 2 is 2.06 bits per heavy atom. The summed E-state index contributed by atoms with van der Waals surface area (Å²) >= 11 is 0. The van der Waals surface area contributed by atoms with Gasteiger partial charge in [-0.15, -0.1) is 0 Å². The zero-order valence-electron chi connectivity index (χ0n) is 10.6. The van der Waals surface area contributed by atoms with Crippen molar-refractivity contribution in [3.05, 3.63) is 29.8 Å². The number of unbranched alkanes of at least 4 members (excludes halogenated alkanes) is 1. The minimum Gasteiger partial charge on any atom is -0.383 e. The first kappa shape index (κ1) is 13.5. The van der Waals surface area contributed by atoms with Crippen LogP contribution in [-0.4, -0.2) is 19.8 Å². The fourth-order valence-electron chi connectivity index (χ4n) is 1.73. The van der Waals surface area contributed by atoms with Gasteiger partial charge in [0.1, 0.15) is 0 Å². The number of anilines is 1. The fourth-order valence-corrected chi connectivity index (χ4v) is 1.73. The number of hydrogen-bond acceptors (Lipinski definition) is 3. The molecule has 92 valence electrons.